The first-order valence-corrected chi connectivity index (χ1v) is 7.67. The molecule has 0 spiro atoms. The van der Waals surface area contributed by atoms with Crippen LogP contribution >= 0.6 is 0 Å². The van der Waals surface area contributed by atoms with E-state index in [0.29, 0.717) is 25.3 Å². The zero-order valence-corrected chi connectivity index (χ0v) is 13.4. The van der Waals surface area contributed by atoms with Crippen molar-refractivity contribution in [3.05, 3.63) is 29.1 Å². The average Bonchev–Trinajstić information content (AvgIpc) is 2.51. The molecule has 2 amide bonds. The fraction of sp³-hybridized carbons (Fsp3) is 0.562. The molecule has 2 rings (SSSR count). The Labute approximate surface area is 130 Å². The van der Waals surface area contributed by atoms with Gasteiger partial charge < -0.3 is 15.0 Å². The van der Waals surface area contributed by atoms with Crippen molar-refractivity contribution in [2.75, 3.05) is 19.7 Å². The molecule has 22 heavy (non-hydrogen) atoms. The van der Waals surface area contributed by atoms with Crippen LogP contribution in [0.4, 0.5) is 4.79 Å². The van der Waals surface area contributed by atoms with E-state index in [9.17, 15) is 9.59 Å². The van der Waals surface area contributed by atoms with E-state index in [1.165, 1.54) is 0 Å². The van der Waals surface area contributed by atoms with Gasteiger partial charge in [-0.1, -0.05) is 0 Å². The molecule has 0 bridgehead atoms. The lowest BCUT2D eigenvalue weighted by atomic mass is 10.0. The van der Waals surface area contributed by atoms with Gasteiger partial charge in [0.15, 0.2) is 0 Å². The van der Waals surface area contributed by atoms with Crippen LogP contribution in [0.1, 0.15) is 41.4 Å². The Bertz CT molecular complexity index is 552. The van der Waals surface area contributed by atoms with E-state index in [1.54, 1.807) is 24.1 Å². The molecule has 120 valence electrons. The molecular formula is C16H23N3O3. The Balaban J connectivity index is 1.89. The van der Waals surface area contributed by atoms with Gasteiger partial charge in [0.1, 0.15) is 0 Å². The summed E-state index contributed by atoms with van der Waals surface area (Å²) in [5.41, 5.74) is 2.44. The van der Waals surface area contributed by atoms with Gasteiger partial charge >= 0.3 is 6.09 Å². The van der Waals surface area contributed by atoms with Crippen LogP contribution in [-0.4, -0.2) is 47.6 Å². The molecule has 1 N–H and O–H groups in total. The highest BCUT2D eigenvalue weighted by atomic mass is 16.6. The monoisotopic (exact) mass is 305 g/mol. The van der Waals surface area contributed by atoms with Gasteiger partial charge in [-0.05, 0) is 45.2 Å². The highest BCUT2D eigenvalue weighted by molar-refractivity contribution is 5.95. The van der Waals surface area contributed by atoms with Crippen LogP contribution < -0.4 is 5.32 Å². The van der Waals surface area contributed by atoms with Crippen molar-refractivity contribution in [1.82, 2.24) is 15.2 Å². The SMILES string of the molecule is CCOC(=O)N1CCC(NC(=O)c2ccnc(C)c2C)CC1. The average molecular weight is 305 g/mol. The van der Waals surface area contributed by atoms with Gasteiger partial charge in [0.25, 0.3) is 5.91 Å². The lowest BCUT2D eigenvalue weighted by Crippen LogP contribution is -2.46. The van der Waals surface area contributed by atoms with Crippen molar-refractivity contribution in [3.63, 3.8) is 0 Å². The summed E-state index contributed by atoms with van der Waals surface area (Å²) < 4.78 is 4.99. The minimum absolute atomic E-state index is 0.0717. The summed E-state index contributed by atoms with van der Waals surface area (Å²) in [4.78, 5) is 29.9. The van der Waals surface area contributed by atoms with Crippen LogP contribution in [0, 0.1) is 13.8 Å². The Morgan fingerprint density at radius 2 is 2.05 bits per heavy atom. The van der Waals surface area contributed by atoms with Crippen LogP contribution in [0.25, 0.3) is 0 Å². The number of rotatable bonds is 3. The molecule has 0 atom stereocenters. The third kappa shape index (κ3) is 3.75. The van der Waals surface area contributed by atoms with E-state index < -0.39 is 0 Å². The fourth-order valence-corrected chi connectivity index (χ4v) is 2.57. The molecule has 1 aromatic rings. The van der Waals surface area contributed by atoms with Crippen molar-refractivity contribution < 1.29 is 14.3 Å². The van der Waals surface area contributed by atoms with Crippen molar-refractivity contribution in [3.8, 4) is 0 Å². The summed E-state index contributed by atoms with van der Waals surface area (Å²) in [6, 6.07) is 1.83. The number of nitrogens with zero attached hydrogens (tertiary/aromatic N) is 2. The number of hydrogen-bond donors (Lipinski definition) is 1. The summed E-state index contributed by atoms with van der Waals surface area (Å²) in [6.07, 6.45) is 2.87. The second kappa shape index (κ2) is 7.24. The van der Waals surface area contributed by atoms with E-state index >= 15 is 0 Å². The van der Waals surface area contributed by atoms with Crippen LogP contribution in [0.3, 0.4) is 0 Å². The fourth-order valence-electron chi connectivity index (χ4n) is 2.57. The van der Waals surface area contributed by atoms with E-state index in [2.05, 4.69) is 10.3 Å². The van der Waals surface area contributed by atoms with E-state index in [4.69, 9.17) is 4.74 Å². The molecule has 1 aliphatic heterocycles. The molecule has 0 unspecified atom stereocenters. The predicted molar refractivity (Wildman–Crippen MR) is 82.8 cm³/mol. The summed E-state index contributed by atoms with van der Waals surface area (Å²) in [6.45, 7) is 7.20. The molecule has 0 aromatic carbocycles. The Morgan fingerprint density at radius 3 is 2.68 bits per heavy atom. The number of aromatic nitrogens is 1. The lowest BCUT2D eigenvalue weighted by molar-refractivity contribution is 0.0859. The highest BCUT2D eigenvalue weighted by Crippen LogP contribution is 2.14. The van der Waals surface area contributed by atoms with Crippen molar-refractivity contribution in [2.24, 2.45) is 0 Å². The first kappa shape index (κ1) is 16.3. The summed E-state index contributed by atoms with van der Waals surface area (Å²) in [7, 11) is 0. The maximum Gasteiger partial charge on any atom is 0.409 e. The van der Waals surface area contributed by atoms with Crippen LogP contribution in [0.15, 0.2) is 12.3 Å². The van der Waals surface area contributed by atoms with Crippen molar-refractivity contribution in [1.29, 1.82) is 0 Å². The van der Waals surface area contributed by atoms with Gasteiger partial charge in [0.2, 0.25) is 0 Å². The first-order chi connectivity index (χ1) is 10.5. The van der Waals surface area contributed by atoms with E-state index in [1.807, 2.05) is 13.8 Å². The van der Waals surface area contributed by atoms with Gasteiger partial charge in [-0.15, -0.1) is 0 Å². The molecule has 1 fully saturated rings. The van der Waals surface area contributed by atoms with Gasteiger partial charge in [-0.3, -0.25) is 9.78 Å². The summed E-state index contributed by atoms with van der Waals surface area (Å²) in [5, 5.41) is 3.05. The van der Waals surface area contributed by atoms with E-state index in [-0.39, 0.29) is 18.0 Å². The van der Waals surface area contributed by atoms with Crippen LogP contribution in [-0.2, 0) is 4.74 Å². The van der Waals surface area contributed by atoms with Gasteiger partial charge in [-0.2, -0.15) is 0 Å². The predicted octanol–water partition coefficient (Wildman–Crippen LogP) is 2.05. The minimum atomic E-state index is -0.270. The molecule has 2 heterocycles. The molecule has 6 nitrogen and oxygen atoms in total. The maximum absolute atomic E-state index is 12.4. The number of likely N-dealkylation sites (tertiary alicyclic amines) is 1. The van der Waals surface area contributed by atoms with Crippen molar-refractivity contribution >= 4 is 12.0 Å². The Hall–Kier alpha value is -2.11. The molecular weight excluding hydrogens is 282 g/mol. The molecule has 0 saturated carbocycles. The molecule has 6 heteroatoms. The second-order valence-corrected chi connectivity index (χ2v) is 5.50. The number of carbonyl (C=O) groups excluding carboxylic acids is 2. The third-order valence-electron chi connectivity index (χ3n) is 4.06. The quantitative estimate of drug-likeness (QED) is 0.927. The van der Waals surface area contributed by atoms with Gasteiger partial charge in [0, 0.05) is 36.6 Å². The molecule has 1 saturated heterocycles. The van der Waals surface area contributed by atoms with Gasteiger partial charge in [0.05, 0.1) is 6.61 Å². The molecule has 0 aliphatic carbocycles. The zero-order valence-electron chi connectivity index (χ0n) is 13.4. The second-order valence-electron chi connectivity index (χ2n) is 5.50. The topological polar surface area (TPSA) is 71.5 Å². The Morgan fingerprint density at radius 1 is 1.36 bits per heavy atom. The van der Waals surface area contributed by atoms with Crippen LogP contribution in [0.5, 0.6) is 0 Å². The minimum Gasteiger partial charge on any atom is -0.450 e. The number of amides is 2. The lowest BCUT2D eigenvalue weighted by Gasteiger charge is -2.31. The number of piperidine rings is 1. The summed E-state index contributed by atoms with van der Waals surface area (Å²) >= 11 is 0. The Kier molecular flexibility index (Phi) is 5.35. The standard InChI is InChI=1S/C16H23N3O3/c1-4-22-16(21)19-9-6-13(7-10-19)18-15(20)14-5-8-17-12(3)11(14)2/h5,8,13H,4,6-7,9-10H2,1-3H3,(H,18,20). The molecule has 0 radical (unpaired) electrons. The number of ether oxygens (including phenoxy) is 1. The van der Waals surface area contributed by atoms with E-state index in [0.717, 1.165) is 24.1 Å². The number of nitrogens with one attached hydrogen (secondary N) is 1. The first-order valence-electron chi connectivity index (χ1n) is 7.67. The number of carbonyl (C=O) groups is 2. The third-order valence-corrected chi connectivity index (χ3v) is 4.06. The van der Waals surface area contributed by atoms with Crippen molar-refractivity contribution in [2.45, 2.75) is 39.7 Å². The molecule has 1 aromatic heterocycles. The summed E-state index contributed by atoms with van der Waals surface area (Å²) in [5.74, 6) is -0.0717. The molecule has 1 aliphatic rings. The number of aryl methyl sites for hydroxylation is 1. The maximum atomic E-state index is 12.4. The van der Waals surface area contributed by atoms with Gasteiger partial charge in [-0.25, -0.2) is 4.79 Å². The largest absolute Gasteiger partial charge is 0.450 e. The normalized spacial score (nSPS) is 15.5. The number of pyridine rings is 1. The highest BCUT2D eigenvalue weighted by Gasteiger charge is 2.25. The number of hydrogen-bond acceptors (Lipinski definition) is 4. The van der Waals surface area contributed by atoms with Crippen LogP contribution in [0.2, 0.25) is 0 Å². The smallest absolute Gasteiger partial charge is 0.409 e. The zero-order chi connectivity index (χ0) is 16.1.